The van der Waals surface area contributed by atoms with Crippen LogP contribution < -0.4 is 4.74 Å². The van der Waals surface area contributed by atoms with Crippen molar-refractivity contribution >= 4 is 5.71 Å². The summed E-state index contributed by atoms with van der Waals surface area (Å²) < 4.78 is 5.30. The predicted octanol–water partition coefficient (Wildman–Crippen LogP) is 2.45. The molecular weight excluding hydrogens is 178 g/mol. The summed E-state index contributed by atoms with van der Waals surface area (Å²) in [5.74, 6) is 0.777. The Hall–Kier alpha value is -1.77. The lowest BCUT2D eigenvalue weighted by atomic mass is 10.1. The Morgan fingerprint density at radius 2 is 2.14 bits per heavy atom. The zero-order chi connectivity index (χ0) is 10.4. The largest absolute Gasteiger partial charge is 0.490 e. The van der Waals surface area contributed by atoms with Crippen LogP contribution in [-0.4, -0.2) is 17.5 Å². The molecule has 74 valence electrons. The minimum Gasteiger partial charge on any atom is -0.490 e. The smallest absolute Gasteiger partial charge is 0.119 e. The monoisotopic (exact) mass is 191 g/mol. The molecule has 0 spiro atoms. The third-order valence-electron chi connectivity index (χ3n) is 1.79. The van der Waals surface area contributed by atoms with Crippen molar-refractivity contribution in [2.24, 2.45) is 5.16 Å². The maximum absolute atomic E-state index is 8.54. The fourth-order valence-electron chi connectivity index (χ4n) is 1.01. The van der Waals surface area contributed by atoms with Gasteiger partial charge in [0.2, 0.25) is 0 Å². The first-order chi connectivity index (χ1) is 6.77. The molecule has 0 aliphatic rings. The molecule has 0 unspecified atom stereocenters. The highest BCUT2D eigenvalue weighted by Crippen LogP contribution is 2.12. The molecule has 0 fully saturated rings. The summed E-state index contributed by atoms with van der Waals surface area (Å²) in [6.07, 6.45) is 1.69. The molecule has 0 heterocycles. The van der Waals surface area contributed by atoms with Crippen LogP contribution in [0.2, 0.25) is 0 Å². The van der Waals surface area contributed by atoms with Crippen molar-refractivity contribution in [3.63, 3.8) is 0 Å². The highest BCUT2D eigenvalue weighted by atomic mass is 16.5. The Kier molecular flexibility index (Phi) is 3.73. The Morgan fingerprint density at radius 1 is 1.50 bits per heavy atom. The van der Waals surface area contributed by atoms with Crippen LogP contribution in [0.25, 0.3) is 0 Å². The molecule has 0 atom stereocenters. The molecule has 0 saturated heterocycles. The number of hydrogen-bond donors (Lipinski definition) is 1. The number of hydrogen-bond acceptors (Lipinski definition) is 3. The van der Waals surface area contributed by atoms with Crippen LogP contribution in [0.15, 0.2) is 42.1 Å². The molecule has 0 amide bonds. The first-order valence-corrected chi connectivity index (χ1v) is 4.30. The highest BCUT2D eigenvalue weighted by molar-refractivity contribution is 5.98. The van der Waals surface area contributed by atoms with Gasteiger partial charge in [-0.25, -0.2) is 0 Å². The van der Waals surface area contributed by atoms with Crippen LogP contribution in [0, 0.1) is 0 Å². The molecule has 3 heteroatoms. The van der Waals surface area contributed by atoms with Gasteiger partial charge in [-0.1, -0.05) is 17.8 Å². The number of oxime groups is 1. The van der Waals surface area contributed by atoms with Gasteiger partial charge >= 0.3 is 0 Å². The normalized spacial score (nSPS) is 11.1. The van der Waals surface area contributed by atoms with Crippen molar-refractivity contribution in [1.82, 2.24) is 0 Å². The molecule has 0 radical (unpaired) electrons. The van der Waals surface area contributed by atoms with Crippen LogP contribution in [0.3, 0.4) is 0 Å². The van der Waals surface area contributed by atoms with Gasteiger partial charge in [0.1, 0.15) is 12.4 Å². The summed E-state index contributed by atoms with van der Waals surface area (Å²) in [6.45, 7) is 5.79. The minimum absolute atomic E-state index is 0.492. The number of rotatable bonds is 4. The van der Waals surface area contributed by atoms with E-state index >= 15 is 0 Å². The van der Waals surface area contributed by atoms with E-state index in [1.54, 1.807) is 13.0 Å². The zero-order valence-corrected chi connectivity index (χ0v) is 8.10. The van der Waals surface area contributed by atoms with Gasteiger partial charge in [-0.3, -0.25) is 0 Å². The maximum Gasteiger partial charge on any atom is 0.119 e. The second kappa shape index (κ2) is 5.07. The molecule has 14 heavy (non-hydrogen) atoms. The zero-order valence-electron chi connectivity index (χ0n) is 8.10. The van der Waals surface area contributed by atoms with Gasteiger partial charge in [0.05, 0.1) is 5.71 Å². The molecule has 0 aliphatic heterocycles. The Morgan fingerprint density at radius 3 is 2.64 bits per heavy atom. The summed E-state index contributed by atoms with van der Waals surface area (Å²) in [4.78, 5) is 0. The van der Waals surface area contributed by atoms with Crippen molar-refractivity contribution < 1.29 is 9.94 Å². The minimum atomic E-state index is 0.492. The van der Waals surface area contributed by atoms with Crippen LogP contribution >= 0.6 is 0 Å². The van der Waals surface area contributed by atoms with E-state index in [1.807, 2.05) is 24.3 Å². The second-order valence-corrected chi connectivity index (χ2v) is 2.81. The molecular formula is C11H13NO2. The average Bonchev–Trinajstić information content (AvgIpc) is 2.26. The van der Waals surface area contributed by atoms with Gasteiger partial charge in [0, 0.05) is 0 Å². The average molecular weight is 191 g/mol. The topological polar surface area (TPSA) is 41.8 Å². The van der Waals surface area contributed by atoms with Gasteiger partial charge in [0.15, 0.2) is 0 Å². The van der Waals surface area contributed by atoms with E-state index in [4.69, 9.17) is 9.94 Å². The summed E-state index contributed by atoms with van der Waals surface area (Å²) in [5.41, 5.74) is 1.46. The number of ether oxygens (including phenoxy) is 1. The van der Waals surface area contributed by atoms with E-state index in [2.05, 4.69) is 11.7 Å². The third-order valence-corrected chi connectivity index (χ3v) is 1.79. The van der Waals surface area contributed by atoms with E-state index in [1.165, 1.54) is 0 Å². The summed E-state index contributed by atoms with van der Waals surface area (Å²) in [6, 6.07) is 7.34. The van der Waals surface area contributed by atoms with Gasteiger partial charge in [0.25, 0.3) is 0 Å². The van der Waals surface area contributed by atoms with Crippen molar-refractivity contribution in [2.45, 2.75) is 6.92 Å². The van der Waals surface area contributed by atoms with E-state index in [0.717, 1.165) is 11.3 Å². The van der Waals surface area contributed by atoms with E-state index in [9.17, 15) is 0 Å². The van der Waals surface area contributed by atoms with Crippen LogP contribution in [-0.2, 0) is 0 Å². The summed E-state index contributed by atoms with van der Waals surface area (Å²) in [5, 5.41) is 11.7. The van der Waals surface area contributed by atoms with Crippen LogP contribution in [0.5, 0.6) is 5.75 Å². The molecule has 0 aromatic heterocycles. The fraction of sp³-hybridized carbons (Fsp3) is 0.182. The van der Waals surface area contributed by atoms with E-state index in [0.29, 0.717) is 12.3 Å². The molecule has 0 saturated carbocycles. The quantitative estimate of drug-likeness (QED) is 0.344. The molecule has 1 aromatic carbocycles. The SMILES string of the molecule is C=CCOc1ccc(C(C)=NO)cc1. The van der Waals surface area contributed by atoms with E-state index in [-0.39, 0.29) is 0 Å². The number of nitrogens with zero attached hydrogens (tertiary/aromatic N) is 1. The predicted molar refractivity (Wildman–Crippen MR) is 56.1 cm³/mol. The standard InChI is InChI=1S/C11H13NO2/c1-3-8-14-11-6-4-10(5-7-11)9(2)12-13/h3-7,13H,1,8H2,2H3. The molecule has 0 aliphatic carbocycles. The van der Waals surface area contributed by atoms with Crippen molar-refractivity contribution in [1.29, 1.82) is 0 Å². The lowest BCUT2D eigenvalue weighted by molar-refractivity contribution is 0.319. The fourth-order valence-corrected chi connectivity index (χ4v) is 1.01. The molecule has 1 aromatic rings. The maximum atomic E-state index is 8.54. The second-order valence-electron chi connectivity index (χ2n) is 2.81. The summed E-state index contributed by atoms with van der Waals surface area (Å²) in [7, 11) is 0. The van der Waals surface area contributed by atoms with Crippen LogP contribution in [0.1, 0.15) is 12.5 Å². The third kappa shape index (κ3) is 2.62. The van der Waals surface area contributed by atoms with Gasteiger partial charge in [-0.2, -0.15) is 0 Å². The van der Waals surface area contributed by atoms with Crippen molar-refractivity contribution in [3.8, 4) is 5.75 Å². The molecule has 1 rings (SSSR count). The Balaban J connectivity index is 2.73. The van der Waals surface area contributed by atoms with Crippen molar-refractivity contribution in [2.75, 3.05) is 6.61 Å². The lowest BCUT2D eigenvalue weighted by Crippen LogP contribution is -1.96. The van der Waals surface area contributed by atoms with Gasteiger partial charge < -0.3 is 9.94 Å². The lowest BCUT2D eigenvalue weighted by Gasteiger charge is -2.03. The highest BCUT2D eigenvalue weighted by Gasteiger charge is 1.97. The molecule has 1 N–H and O–H groups in total. The first kappa shape index (κ1) is 10.3. The van der Waals surface area contributed by atoms with Gasteiger partial charge in [-0.15, -0.1) is 0 Å². The molecule has 3 nitrogen and oxygen atoms in total. The van der Waals surface area contributed by atoms with E-state index < -0.39 is 0 Å². The molecule has 0 bridgehead atoms. The van der Waals surface area contributed by atoms with Crippen molar-refractivity contribution in [3.05, 3.63) is 42.5 Å². The van der Waals surface area contributed by atoms with Crippen LogP contribution in [0.4, 0.5) is 0 Å². The Labute approximate surface area is 83.3 Å². The first-order valence-electron chi connectivity index (χ1n) is 4.30. The summed E-state index contributed by atoms with van der Waals surface area (Å²) >= 11 is 0. The Bertz CT molecular complexity index is 328. The number of benzene rings is 1. The van der Waals surface area contributed by atoms with Gasteiger partial charge in [-0.05, 0) is 36.8 Å².